The van der Waals surface area contributed by atoms with Gasteiger partial charge >= 0.3 is 0 Å². The van der Waals surface area contributed by atoms with Crippen molar-refractivity contribution >= 4 is 27.5 Å². The molecule has 1 atom stereocenters. The molecule has 1 saturated heterocycles. The van der Waals surface area contributed by atoms with Gasteiger partial charge in [0.25, 0.3) is 0 Å². The van der Waals surface area contributed by atoms with Crippen LogP contribution in [0.1, 0.15) is 30.0 Å². The minimum absolute atomic E-state index is 0.156. The van der Waals surface area contributed by atoms with E-state index < -0.39 is 21.9 Å². The lowest BCUT2D eigenvalue weighted by atomic mass is 9.97. The van der Waals surface area contributed by atoms with Gasteiger partial charge in [0.1, 0.15) is 5.82 Å². The van der Waals surface area contributed by atoms with E-state index in [0.29, 0.717) is 23.4 Å². The Morgan fingerprint density at radius 2 is 1.81 bits per heavy atom. The highest BCUT2D eigenvalue weighted by molar-refractivity contribution is 7.89. The predicted molar refractivity (Wildman–Crippen MR) is 124 cm³/mol. The maximum atomic E-state index is 14.4. The summed E-state index contributed by atoms with van der Waals surface area (Å²) in [5.41, 5.74) is 1.34. The van der Waals surface area contributed by atoms with Crippen LogP contribution in [0.25, 0.3) is 0 Å². The Hall–Kier alpha value is -2.00. The Bertz CT molecular complexity index is 1030. The number of carbonyl (C=O) groups is 1. The van der Waals surface area contributed by atoms with Crippen molar-refractivity contribution in [2.24, 2.45) is 5.92 Å². The first kappa shape index (κ1) is 24.6. The average molecular weight is 482 g/mol. The highest BCUT2D eigenvalue weighted by Crippen LogP contribution is 2.29. The van der Waals surface area contributed by atoms with Crippen LogP contribution in [-0.4, -0.2) is 57.3 Å². The van der Waals surface area contributed by atoms with Gasteiger partial charge in [0.15, 0.2) is 0 Å². The predicted octanol–water partition coefficient (Wildman–Crippen LogP) is 3.61. The number of rotatable bonds is 7. The zero-order chi connectivity index (χ0) is 23.5. The van der Waals surface area contributed by atoms with E-state index in [1.165, 1.54) is 10.4 Å². The van der Waals surface area contributed by atoms with Crippen LogP contribution in [0.5, 0.6) is 0 Å². The van der Waals surface area contributed by atoms with Gasteiger partial charge < -0.3 is 10.2 Å². The van der Waals surface area contributed by atoms with E-state index in [4.69, 9.17) is 11.6 Å². The third-order valence-electron chi connectivity index (χ3n) is 5.91. The lowest BCUT2D eigenvalue weighted by Gasteiger charge is -2.31. The maximum absolute atomic E-state index is 14.4. The molecule has 2 aromatic carbocycles. The Kier molecular flexibility index (Phi) is 7.92. The summed E-state index contributed by atoms with van der Waals surface area (Å²) >= 11 is 6.21. The molecule has 9 heteroatoms. The maximum Gasteiger partial charge on any atom is 0.243 e. The van der Waals surface area contributed by atoms with Crippen LogP contribution in [0.15, 0.2) is 47.4 Å². The van der Waals surface area contributed by atoms with Gasteiger partial charge in [0.2, 0.25) is 15.9 Å². The van der Waals surface area contributed by atoms with E-state index in [-0.39, 0.29) is 36.4 Å². The molecule has 2 aromatic rings. The first-order chi connectivity index (χ1) is 15.1. The Labute approximate surface area is 194 Å². The fourth-order valence-corrected chi connectivity index (χ4v) is 5.69. The van der Waals surface area contributed by atoms with Crippen molar-refractivity contribution in [2.45, 2.75) is 30.7 Å². The number of likely N-dealkylation sites (N-methyl/N-ethyl adjacent to an activating group) is 1. The van der Waals surface area contributed by atoms with Gasteiger partial charge in [-0.3, -0.25) is 4.79 Å². The standard InChI is InChI=1S/C23H29ClFN3O3S/c1-16-7-9-18(10-8-16)32(30,31)28-13-11-17(12-14-28)23(29)26-15-21(27(2)3)22-19(24)5-4-6-20(22)25/h4-10,17,21H,11-15H2,1-3H3,(H,26,29). The van der Waals surface area contributed by atoms with Crippen molar-refractivity contribution in [2.75, 3.05) is 33.7 Å². The molecule has 32 heavy (non-hydrogen) atoms. The molecule has 6 nitrogen and oxygen atoms in total. The summed E-state index contributed by atoms with van der Waals surface area (Å²) in [5.74, 6) is -0.866. The number of benzene rings is 2. The van der Waals surface area contributed by atoms with Gasteiger partial charge in [-0.2, -0.15) is 4.31 Å². The summed E-state index contributed by atoms with van der Waals surface area (Å²) in [6.07, 6.45) is 0.869. The first-order valence-corrected chi connectivity index (χ1v) is 12.4. The number of aryl methyl sites for hydroxylation is 1. The van der Waals surface area contributed by atoms with E-state index in [1.807, 2.05) is 6.92 Å². The molecule has 1 aliphatic rings. The number of carbonyl (C=O) groups excluding carboxylic acids is 1. The Morgan fingerprint density at radius 3 is 2.38 bits per heavy atom. The van der Waals surface area contributed by atoms with Crippen LogP contribution in [0, 0.1) is 18.7 Å². The van der Waals surface area contributed by atoms with E-state index in [2.05, 4.69) is 5.32 Å². The van der Waals surface area contributed by atoms with Gasteiger partial charge in [-0.1, -0.05) is 35.4 Å². The molecule has 0 aliphatic carbocycles. The van der Waals surface area contributed by atoms with Crippen LogP contribution in [-0.2, 0) is 14.8 Å². The van der Waals surface area contributed by atoms with Crippen molar-refractivity contribution in [3.8, 4) is 0 Å². The zero-order valence-corrected chi connectivity index (χ0v) is 20.1. The summed E-state index contributed by atoms with van der Waals surface area (Å²) in [6, 6.07) is 10.9. The average Bonchev–Trinajstić information content (AvgIpc) is 2.75. The third kappa shape index (κ3) is 5.49. The van der Waals surface area contributed by atoms with Crippen LogP contribution in [0.2, 0.25) is 5.02 Å². The fraction of sp³-hybridized carbons (Fsp3) is 0.435. The van der Waals surface area contributed by atoms with Crippen molar-refractivity contribution < 1.29 is 17.6 Å². The number of sulfonamides is 1. The highest BCUT2D eigenvalue weighted by atomic mass is 35.5. The second kappa shape index (κ2) is 10.3. The fourth-order valence-electron chi connectivity index (χ4n) is 3.93. The molecule has 0 saturated carbocycles. The molecule has 174 valence electrons. The molecule has 1 unspecified atom stereocenters. The summed E-state index contributed by atoms with van der Waals surface area (Å²) in [4.78, 5) is 14.8. The Balaban J connectivity index is 1.60. The lowest BCUT2D eigenvalue weighted by Crippen LogP contribution is -2.44. The van der Waals surface area contributed by atoms with Gasteiger partial charge in [0.05, 0.1) is 10.9 Å². The second-order valence-corrected chi connectivity index (χ2v) is 10.7. The molecule has 1 N–H and O–H groups in total. The summed E-state index contributed by atoms with van der Waals surface area (Å²) in [5, 5.41) is 3.22. The molecule has 0 spiro atoms. The van der Waals surface area contributed by atoms with Gasteiger partial charge in [-0.05, 0) is 58.1 Å². The van der Waals surface area contributed by atoms with Crippen molar-refractivity contribution in [3.05, 3.63) is 64.4 Å². The summed E-state index contributed by atoms with van der Waals surface area (Å²) in [6.45, 7) is 2.67. The second-order valence-electron chi connectivity index (χ2n) is 8.35. The number of piperidine rings is 1. The number of halogens is 2. The molecule has 1 aliphatic heterocycles. The van der Waals surface area contributed by atoms with Crippen LogP contribution < -0.4 is 5.32 Å². The molecule has 0 aromatic heterocycles. The molecular formula is C23H29ClFN3O3S. The summed E-state index contributed by atoms with van der Waals surface area (Å²) in [7, 11) is 0.0274. The molecule has 1 fully saturated rings. The molecule has 0 bridgehead atoms. The van der Waals surface area contributed by atoms with E-state index in [0.717, 1.165) is 5.56 Å². The number of hydrogen-bond acceptors (Lipinski definition) is 4. The quantitative estimate of drug-likeness (QED) is 0.656. The van der Waals surface area contributed by atoms with Crippen LogP contribution in [0.4, 0.5) is 4.39 Å². The monoisotopic (exact) mass is 481 g/mol. The Morgan fingerprint density at radius 1 is 1.19 bits per heavy atom. The number of nitrogens with zero attached hydrogens (tertiary/aromatic N) is 2. The molecule has 0 radical (unpaired) electrons. The minimum atomic E-state index is -3.57. The molecule has 1 heterocycles. The first-order valence-electron chi connectivity index (χ1n) is 10.6. The van der Waals surface area contributed by atoms with Crippen LogP contribution in [0.3, 0.4) is 0 Å². The highest BCUT2D eigenvalue weighted by Gasteiger charge is 2.32. The number of nitrogens with one attached hydrogen (secondary N) is 1. The van der Waals surface area contributed by atoms with Crippen molar-refractivity contribution in [1.82, 2.24) is 14.5 Å². The van der Waals surface area contributed by atoms with Crippen molar-refractivity contribution in [3.63, 3.8) is 0 Å². The third-order valence-corrected chi connectivity index (χ3v) is 8.15. The topological polar surface area (TPSA) is 69.7 Å². The van der Waals surface area contributed by atoms with Gasteiger partial charge in [-0.25, -0.2) is 12.8 Å². The van der Waals surface area contributed by atoms with E-state index >= 15 is 0 Å². The van der Waals surface area contributed by atoms with Gasteiger partial charge in [0, 0.05) is 36.1 Å². The molecular weight excluding hydrogens is 453 g/mol. The van der Waals surface area contributed by atoms with Crippen LogP contribution >= 0.6 is 11.6 Å². The molecule has 3 rings (SSSR count). The largest absolute Gasteiger partial charge is 0.354 e. The van der Waals surface area contributed by atoms with E-state index in [1.54, 1.807) is 55.4 Å². The lowest BCUT2D eigenvalue weighted by molar-refractivity contribution is -0.126. The molecule has 1 amide bonds. The van der Waals surface area contributed by atoms with Gasteiger partial charge in [-0.15, -0.1) is 0 Å². The normalized spacial score (nSPS) is 16.8. The zero-order valence-electron chi connectivity index (χ0n) is 18.5. The van der Waals surface area contributed by atoms with Crippen molar-refractivity contribution in [1.29, 1.82) is 0 Å². The smallest absolute Gasteiger partial charge is 0.243 e. The number of hydrogen-bond donors (Lipinski definition) is 1. The summed E-state index contributed by atoms with van der Waals surface area (Å²) < 4.78 is 41.5. The minimum Gasteiger partial charge on any atom is -0.354 e. The SMILES string of the molecule is Cc1ccc(S(=O)(=O)N2CCC(C(=O)NCC(c3c(F)cccc3Cl)N(C)C)CC2)cc1. The number of amides is 1. The van der Waals surface area contributed by atoms with E-state index in [9.17, 15) is 17.6 Å².